The molecule has 1 amide bonds. The third kappa shape index (κ3) is 6.05. The van der Waals surface area contributed by atoms with E-state index in [-0.39, 0.29) is 18.0 Å². The van der Waals surface area contributed by atoms with Crippen molar-refractivity contribution in [2.45, 2.75) is 38.8 Å². The number of halogens is 1. The van der Waals surface area contributed by atoms with E-state index >= 15 is 0 Å². The molecule has 0 spiro atoms. The van der Waals surface area contributed by atoms with E-state index in [2.05, 4.69) is 41.5 Å². The second-order valence-corrected chi connectivity index (χ2v) is 8.22. The minimum Gasteiger partial charge on any atom is -0.379 e. The fraction of sp³-hybridized carbons (Fsp3) is 0.458. The fourth-order valence-electron chi connectivity index (χ4n) is 3.94. The zero-order valence-corrected chi connectivity index (χ0v) is 18.7. The van der Waals surface area contributed by atoms with Gasteiger partial charge in [0, 0.05) is 35.9 Å². The maximum Gasteiger partial charge on any atom is 0.238 e. The number of nitrogens with one attached hydrogen (secondary N) is 2. The van der Waals surface area contributed by atoms with Gasteiger partial charge in [0.25, 0.3) is 0 Å². The molecule has 0 aliphatic carbocycles. The number of morpholine rings is 1. The largest absolute Gasteiger partial charge is 0.379 e. The van der Waals surface area contributed by atoms with Crippen LogP contribution in [0.1, 0.15) is 37.8 Å². The van der Waals surface area contributed by atoms with E-state index in [0.717, 1.165) is 62.0 Å². The van der Waals surface area contributed by atoms with Gasteiger partial charge in [-0.05, 0) is 48.2 Å². The lowest BCUT2D eigenvalue weighted by Crippen LogP contribution is -2.45. The van der Waals surface area contributed by atoms with Crippen LogP contribution in [0.4, 0.5) is 5.69 Å². The van der Waals surface area contributed by atoms with Gasteiger partial charge >= 0.3 is 0 Å². The molecular formula is C24H32ClN3O2. The van der Waals surface area contributed by atoms with Gasteiger partial charge in [-0.1, -0.05) is 49.7 Å². The second kappa shape index (κ2) is 10.9. The van der Waals surface area contributed by atoms with Crippen molar-refractivity contribution in [3.8, 4) is 0 Å². The van der Waals surface area contributed by atoms with Gasteiger partial charge in [-0.15, -0.1) is 0 Å². The van der Waals surface area contributed by atoms with Crippen molar-refractivity contribution in [3.63, 3.8) is 0 Å². The molecule has 1 aliphatic rings. The Bertz CT molecular complexity index is 798. The van der Waals surface area contributed by atoms with Gasteiger partial charge in [-0.2, -0.15) is 0 Å². The van der Waals surface area contributed by atoms with Crippen molar-refractivity contribution >= 4 is 23.2 Å². The van der Waals surface area contributed by atoms with Crippen LogP contribution < -0.4 is 10.6 Å². The molecule has 0 saturated carbocycles. The van der Waals surface area contributed by atoms with Crippen molar-refractivity contribution in [3.05, 3.63) is 64.7 Å². The van der Waals surface area contributed by atoms with Crippen molar-refractivity contribution in [2.24, 2.45) is 0 Å². The standard InChI is InChI=1S/C24H32ClN3O2/c1-3-24(4-2,20-7-9-21(25)10-8-20)26-17-23(29)27-22-11-5-19(6-12-22)18-28-13-15-30-16-14-28/h5-12,26H,3-4,13-18H2,1-2H3,(H,27,29). The Morgan fingerprint density at radius 2 is 1.67 bits per heavy atom. The van der Waals surface area contributed by atoms with Gasteiger partial charge in [0.15, 0.2) is 0 Å². The molecule has 1 saturated heterocycles. The molecule has 2 N–H and O–H groups in total. The zero-order valence-electron chi connectivity index (χ0n) is 17.9. The Balaban J connectivity index is 1.54. The molecular weight excluding hydrogens is 398 g/mol. The van der Waals surface area contributed by atoms with Crippen LogP contribution in [0.3, 0.4) is 0 Å². The van der Waals surface area contributed by atoms with Crippen molar-refractivity contribution in [1.29, 1.82) is 0 Å². The van der Waals surface area contributed by atoms with Crippen LogP contribution in [0.2, 0.25) is 5.02 Å². The Kier molecular flexibility index (Phi) is 8.28. The van der Waals surface area contributed by atoms with Gasteiger partial charge in [-0.3, -0.25) is 15.0 Å². The number of carbonyl (C=O) groups excluding carboxylic acids is 1. The molecule has 6 heteroatoms. The van der Waals surface area contributed by atoms with Gasteiger partial charge in [0.1, 0.15) is 0 Å². The maximum absolute atomic E-state index is 12.6. The number of carbonyl (C=O) groups is 1. The smallest absolute Gasteiger partial charge is 0.238 e. The molecule has 1 fully saturated rings. The molecule has 3 rings (SSSR count). The zero-order chi connectivity index (χ0) is 21.4. The Hall–Kier alpha value is -1.92. The second-order valence-electron chi connectivity index (χ2n) is 7.78. The minimum absolute atomic E-state index is 0.0452. The highest BCUT2D eigenvalue weighted by Gasteiger charge is 2.28. The first-order valence-electron chi connectivity index (χ1n) is 10.7. The predicted octanol–water partition coefficient (Wildman–Crippen LogP) is 4.42. The molecule has 0 atom stereocenters. The van der Waals surface area contributed by atoms with Gasteiger partial charge in [-0.25, -0.2) is 0 Å². The van der Waals surface area contributed by atoms with Crippen LogP contribution in [-0.2, 0) is 21.6 Å². The molecule has 30 heavy (non-hydrogen) atoms. The highest BCUT2D eigenvalue weighted by atomic mass is 35.5. The van der Waals surface area contributed by atoms with Crippen molar-refractivity contribution in [2.75, 3.05) is 38.2 Å². The van der Waals surface area contributed by atoms with Gasteiger partial charge in [0.05, 0.1) is 19.8 Å². The third-order valence-electron chi connectivity index (χ3n) is 5.94. The number of amides is 1. The average Bonchev–Trinajstić information content (AvgIpc) is 2.78. The number of rotatable bonds is 9. The summed E-state index contributed by atoms with van der Waals surface area (Å²) in [7, 11) is 0. The molecule has 5 nitrogen and oxygen atoms in total. The molecule has 2 aromatic rings. The summed E-state index contributed by atoms with van der Waals surface area (Å²) in [6, 6.07) is 16.0. The fourth-order valence-corrected chi connectivity index (χ4v) is 4.07. The first-order chi connectivity index (χ1) is 14.5. The molecule has 0 aromatic heterocycles. The van der Waals surface area contributed by atoms with Gasteiger partial charge in [0.2, 0.25) is 5.91 Å². The summed E-state index contributed by atoms with van der Waals surface area (Å²) in [6.07, 6.45) is 1.77. The summed E-state index contributed by atoms with van der Waals surface area (Å²) in [6.45, 7) is 8.97. The van der Waals surface area contributed by atoms with E-state index in [0.29, 0.717) is 0 Å². The predicted molar refractivity (Wildman–Crippen MR) is 123 cm³/mol. The van der Waals surface area contributed by atoms with Crippen LogP contribution in [-0.4, -0.2) is 43.7 Å². The van der Waals surface area contributed by atoms with E-state index in [1.165, 1.54) is 5.56 Å². The molecule has 1 aliphatic heterocycles. The molecule has 1 heterocycles. The summed E-state index contributed by atoms with van der Waals surface area (Å²) in [5, 5.41) is 7.20. The molecule has 0 bridgehead atoms. The number of hydrogen-bond acceptors (Lipinski definition) is 4. The SMILES string of the molecule is CCC(CC)(NCC(=O)Nc1ccc(CN2CCOCC2)cc1)c1ccc(Cl)cc1. The topological polar surface area (TPSA) is 53.6 Å². The highest BCUT2D eigenvalue weighted by molar-refractivity contribution is 6.30. The van der Waals surface area contributed by atoms with E-state index in [4.69, 9.17) is 16.3 Å². The van der Waals surface area contributed by atoms with E-state index in [9.17, 15) is 4.79 Å². The number of benzene rings is 2. The molecule has 162 valence electrons. The quantitative estimate of drug-likeness (QED) is 0.619. The first-order valence-corrected chi connectivity index (χ1v) is 11.1. The van der Waals surface area contributed by atoms with Crippen LogP contribution in [0.5, 0.6) is 0 Å². The average molecular weight is 430 g/mol. The highest BCUT2D eigenvalue weighted by Crippen LogP contribution is 2.29. The van der Waals surface area contributed by atoms with Crippen molar-refractivity contribution < 1.29 is 9.53 Å². The maximum atomic E-state index is 12.6. The first kappa shape index (κ1) is 22.8. The lowest BCUT2D eigenvalue weighted by atomic mass is 9.84. The summed E-state index contributed by atoms with van der Waals surface area (Å²) in [5.41, 5.74) is 2.96. The Morgan fingerprint density at radius 1 is 1.03 bits per heavy atom. The van der Waals surface area contributed by atoms with E-state index in [1.807, 2.05) is 36.4 Å². The molecule has 0 radical (unpaired) electrons. The van der Waals surface area contributed by atoms with Crippen LogP contribution in [0.25, 0.3) is 0 Å². The van der Waals surface area contributed by atoms with Crippen LogP contribution in [0.15, 0.2) is 48.5 Å². The molecule has 0 unspecified atom stereocenters. The van der Waals surface area contributed by atoms with Crippen LogP contribution in [0, 0.1) is 0 Å². The number of anilines is 1. The van der Waals surface area contributed by atoms with Gasteiger partial charge < -0.3 is 10.1 Å². The summed E-state index contributed by atoms with van der Waals surface area (Å²) in [4.78, 5) is 14.9. The Morgan fingerprint density at radius 3 is 2.27 bits per heavy atom. The summed E-state index contributed by atoms with van der Waals surface area (Å²) < 4.78 is 5.40. The molecule has 2 aromatic carbocycles. The minimum atomic E-state index is -0.246. The Labute approximate surface area is 184 Å². The summed E-state index contributed by atoms with van der Waals surface area (Å²) in [5.74, 6) is -0.0452. The normalized spacial score (nSPS) is 15.2. The third-order valence-corrected chi connectivity index (χ3v) is 6.19. The number of hydrogen-bond donors (Lipinski definition) is 2. The van der Waals surface area contributed by atoms with Crippen LogP contribution >= 0.6 is 11.6 Å². The number of ether oxygens (including phenoxy) is 1. The lowest BCUT2D eigenvalue weighted by Gasteiger charge is -2.33. The van der Waals surface area contributed by atoms with E-state index < -0.39 is 0 Å². The van der Waals surface area contributed by atoms with E-state index in [1.54, 1.807) is 0 Å². The summed E-state index contributed by atoms with van der Waals surface area (Å²) >= 11 is 6.04. The number of nitrogens with zero attached hydrogens (tertiary/aromatic N) is 1. The monoisotopic (exact) mass is 429 g/mol. The lowest BCUT2D eigenvalue weighted by molar-refractivity contribution is -0.115. The van der Waals surface area contributed by atoms with Crippen molar-refractivity contribution in [1.82, 2.24) is 10.2 Å².